The zero-order valence-corrected chi connectivity index (χ0v) is 14.9. The van der Waals surface area contributed by atoms with E-state index in [4.69, 9.17) is 4.74 Å². The van der Waals surface area contributed by atoms with Gasteiger partial charge in [0.25, 0.3) is 5.91 Å². The molecule has 2 atom stereocenters. The first kappa shape index (κ1) is 16.5. The first-order valence-corrected chi connectivity index (χ1v) is 8.45. The minimum Gasteiger partial charge on any atom is -0.374 e. The molecular formula is C17H28N4O2. The van der Waals surface area contributed by atoms with E-state index in [-0.39, 0.29) is 23.6 Å². The van der Waals surface area contributed by atoms with Gasteiger partial charge in [-0.3, -0.25) is 9.48 Å². The summed E-state index contributed by atoms with van der Waals surface area (Å²) >= 11 is 0. The summed E-state index contributed by atoms with van der Waals surface area (Å²) in [7, 11) is 2.10. The van der Waals surface area contributed by atoms with E-state index in [1.54, 1.807) is 0 Å². The molecule has 2 aliphatic rings. The molecule has 23 heavy (non-hydrogen) atoms. The maximum Gasteiger partial charge on any atom is 0.274 e. The number of fused-ring (bicyclic) bond motifs is 1. The van der Waals surface area contributed by atoms with E-state index in [0.717, 1.165) is 25.2 Å². The van der Waals surface area contributed by atoms with Gasteiger partial charge in [0.2, 0.25) is 0 Å². The van der Waals surface area contributed by atoms with Crippen LogP contribution in [0.3, 0.4) is 0 Å². The fourth-order valence-electron chi connectivity index (χ4n) is 3.69. The van der Waals surface area contributed by atoms with Gasteiger partial charge in [-0.15, -0.1) is 0 Å². The third-order valence-electron chi connectivity index (χ3n) is 4.79. The number of hydrogen-bond donors (Lipinski definition) is 0. The van der Waals surface area contributed by atoms with Crippen LogP contribution in [0.15, 0.2) is 6.07 Å². The lowest BCUT2D eigenvalue weighted by Crippen LogP contribution is -2.60. The zero-order chi connectivity index (χ0) is 16.8. The quantitative estimate of drug-likeness (QED) is 0.787. The summed E-state index contributed by atoms with van der Waals surface area (Å²) in [5.41, 5.74) is 1.44. The smallest absolute Gasteiger partial charge is 0.274 e. The van der Waals surface area contributed by atoms with Gasteiger partial charge in [0, 0.05) is 25.3 Å². The molecule has 0 saturated carbocycles. The standard InChI is InChI=1S/C17H28N4O2/c1-12-10-13(18-21(12)17(2,3)4)16(22)20-8-9-23-15-6-7-19(5)11-14(15)20/h10,14-15H,6-9,11H2,1-5H3/t14-,15+/m0/s1. The minimum absolute atomic E-state index is 0.0321. The van der Waals surface area contributed by atoms with Gasteiger partial charge in [-0.1, -0.05) is 0 Å². The van der Waals surface area contributed by atoms with Crippen molar-refractivity contribution in [2.45, 2.75) is 51.8 Å². The second kappa shape index (κ2) is 5.91. The second-order valence-corrected chi connectivity index (χ2v) is 7.78. The number of aromatic nitrogens is 2. The topological polar surface area (TPSA) is 50.6 Å². The predicted octanol–water partition coefficient (Wildman–Crippen LogP) is 1.49. The summed E-state index contributed by atoms with van der Waals surface area (Å²) in [6.07, 6.45) is 1.15. The summed E-state index contributed by atoms with van der Waals surface area (Å²) in [5.74, 6) is 0.0321. The average molecular weight is 320 g/mol. The summed E-state index contributed by atoms with van der Waals surface area (Å²) in [6.45, 7) is 11.5. The van der Waals surface area contributed by atoms with Gasteiger partial charge in [-0.2, -0.15) is 5.10 Å². The average Bonchev–Trinajstić information content (AvgIpc) is 2.88. The van der Waals surface area contributed by atoms with Crippen LogP contribution in [0.4, 0.5) is 0 Å². The van der Waals surface area contributed by atoms with Gasteiger partial charge < -0.3 is 14.5 Å². The number of ether oxygens (including phenoxy) is 1. The van der Waals surface area contributed by atoms with Crippen molar-refractivity contribution in [3.8, 4) is 0 Å². The number of amides is 1. The first-order chi connectivity index (χ1) is 10.8. The molecule has 2 aliphatic heterocycles. The Kier molecular flexibility index (Phi) is 4.23. The van der Waals surface area contributed by atoms with Crippen molar-refractivity contribution in [1.29, 1.82) is 0 Å². The van der Waals surface area contributed by atoms with Crippen LogP contribution in [0, 0.1) is 6.92 Å². The highest BCUT2D eigenvalue weighted by atomic mass is 16.5. The van der Waals surface area contributed by atoms with Gasteiger partial charge in [0.1, 0.15) is 0 Å². The van der Waals surface area contributed by atoms with Crippen LogP contribution in [0.1, 0.15) is 43.4 Å². The van der Waals surface area contributed by atoms with E-state index in [2.05, 4.69) is 37.8 Å². The number of aryl methyl sites for hydroxylation is 1. The van der Waals surface area contributed by atoms with Gasteiger partial charge >= 0.3 is 0 Å². The number of morpholine rings is 1. The lowest BCUT2D eigenvalue weighted by atomic mass is 9.99. The second-order valence-electron chi connectivity index (χ2n) is 7.78. The van der Waals surface area contributed by atoms with Crippen molar-refractivity contribution in [2.24, 2.45) is 0 Å². The van der Waals surface area contributed by atoms with E-state index in [9.17, 15) is 4.79 Å². The van der Waals surface area contributed by atoms with Crippen LogP contribution in [0.25, 0.3) is 0 Å². The summed E-state index contributed by atoms with van der Waals surface area (Å²) < 4.78 is 7.82. The number of piperidine rings is 1. The largest absolute Gasteiger partial charge is 0.374 e. The number of nitrogens with zero attached hydrogens (tertiary/aromatic N) is 4. The normalized spacial score (nSPS) is 26.2. The lowest BCUT2D eigenvalue weighted by Gasteiger charge is -2.46. The number of carbonyl (C=O) groups excluding carboxylic acids is 1. The molecule has 1 aromatic rings. The maximum atomic E-state index is 13.0. The Labute approximate surface area is 138 Å². The van der Waals surface area contributed by atoms with Crippen LogP contribution >= 0.6 is 0 Å². The number of carbonyl (C=O) groups is 1. The number of likely N-dealkylation sites (N-methyl/N-ethyl adjacent to an activating group) is 1. The molecule has 3 heterocycles. The highest BCUT2D eigenvalue weighted by Crippen LogP contribution is 2.25. The predicted molar refractivity (Wildman–Crippen MR) is 88.6 cm³/mol. The molecule has 6 heteroatoms. The molecular weight excluding hydrogens is 292 g/mol. The van der Waals surface area contributed by atoms with E-state index in [1.807, 2.05) is 22.6 Å². The van der Waals surface area contributed by atoms with Crippen LogP contribution in [-0.4, -0.2) is 70.9 Å². The van der Waals surface area contributed by atoms with E-state index >= 15 is 0 Å². The molecule has 1 amide bonds. The molecule has 0 spiro atoms. The molecule has 0 radical (unpaired) electrons. The van der Waals surface area contributed by atoms with Gasteiger partial charge in [0.05, 0.1) is 24.3 Å². The summed E-state index contributed by atoms with van der Waals surface area (Å²) in [4.78, 5) is 17.3. The third kappa shape index (κ3) is 3.15. The molecule has 2 saturated heterocycles. The Morgan fingerprint density at radius 3 is 2.74 bits per heavy atom. The van der Waals surface area contributed by atoms with E-state index in [1.165, 1.54) is 0 Å². The summed E-state index contributed by atoms with van der Waals surface area (Å²) in [6, 6.07) is 2.04. The highest BCUT2D eigenvalue weighted by Gasteiger charge is 2.39. The fourth-order valence-corrected chi connectivity index (χ4v) is 3.69. The SMILES string of the molecule is Cc1cc(C(=O)N2CCO[C@@H]3CCN(C)C[C@@H]32)nn1C(C)(C)C. The van der Waals surface area contributed by atoms with Gasteiger partial charge in [0.15, 0.2) is 5.69 Å². The molecule has 1 aromatic heterocycles. The maximum absolute atomic E-state index is 13.0. The Balaban J connectivity index is 1.84. The molecule has 0 aliphatic carbocycles. The Morgan fingerprint density at radius 1 is 1.35 bits per heavy atom. The molecule has 0 N–H and O–H groups in total. The molecule has 0 bridgehead atoms. The van der Waals surface area contributed by atoms with Crippen LogP contribution in [0.5, 0.6) is 0 Å². The Morgan fingerprint density at radius 2 is 2.09 bits per heavy atom. The van der Waals surface area contributed by atoms with Crippen molar-refractivity contribution < 1.29 is 9.53 Å². The first-order valence-electron chi connectivity index (χ1n) is 8.45. The number of rotatable bonds is 1. The van der Waals surface area contributed by atoms with Crippen LogP contribution in [0.2, 0.25) is 0 Å². The van der Waals surface area contributed by atoms with E-state index in [0.29, 0.717) is 18.8 Å². The van der Waals surface area contributed by atoms with Crippen LogP contribution in [-0.2, 0) is 10.3 Å². The lowest BCUT2D eigenvalue weighted by molar-refractivity contribution is -0.0871. The Hall–Kier alpha value is -1.40. The van der Waals surface area contributed by atoms with Crippen molar-refractivity contribution >= 4 is 5.91 Å². The van der Waals surface area contributed by atoms with Crippen molar-refractivity contribution in [3.63, 3.8) is 0 Å². The highest BCUT2D eigenvalue weighted by molar-refractivity contribution is 5.92. The number of likely N-dealkylation sites (tertiary alicyclic amines) is 1. The van der Waals surface area contributed by atoms with E-state index < -0.39 is 0 Å². The fraction of sp³-hybridized carbons (Fsp3) is 0.765. The number of hydrogen-bond acceptors (Lipinski definition) is 4. The van der Waals surface area contributed by atoms with Gasteiger partial charge in [-0.05, 0) is 47.2 Å². The molecule has 128 valence electrons. The van der Waals surface area contributed by atoms with Crippen molar-refractivity contribution in [1.82, 2.24) is 19.6 Å². The molecule has 3 rings (SSSR count). The Bertz CT molecular complexity index is 590. The van der Waals surface area contributed by atoms with Gasteiger partial charge in [-0.25, -0.2) is 0 Å². The molecule has 0 aromatic carbocycles. The van der Waals surface area contributed by atoms with Crippen molar-refractivity contribution in [2.75, 3.05) is 33.3 Å². The van der Waals surface area contributed by atoms with Crippen molar-refractivity contribution in [3.05, 3.63) is 17.5 Å². The molecule has 6 nitrogen and oxygen atoms in total. The summed E-state index contributed by atoms with van der Waals surface area (Å²) in [5, 5.41) is 4.58. The zero-order valence-electron chi connectivity index (χ0n) is 14.9. The minimum atomic E-state index is -0.124. The van der Waals surface area contributed by atoms with Crippen LogP contribution < -0.4 is 0 Å². The third-order valence-corrected chi connectivity index (χ3v) is 4.79. The monoisotopic (exact) mass is 320 g/mol. The molecule has 0 unspecified atom stereocenters. The molecule has 2 fully saturated rings.